The Morgan fingerprint density at radius 2 is 1.88 bits per heavy atom. The third-order valence-electron chi connectivity index (χ3n) is 5.47. The molecule has 0 bridgehead atoms. The molecular weight excluding hydrogens is 330 g/mol. The first-order chi connectivity index (χ1) is 12.7. The fraction of sp³-hybridized carbons (Fsp3) is 0.611. The van der Waals surface area contributed by atoms with Crippen LogP contribution in [0.5, 0.6) is 0 Å². The molecule has 1 aliphatic carbocycles. The van der Waals surface area contributed by atoms with Crippen molar-refractivity contribution in [1.29, 1.82) is 0 Å². The van der Waals surface area contributed by atoms with E-state index in [1.54, 1.807) is 0 Å². The highest BCUT2D eigenvalue weighted by Crippen LogP contribution is 2.39. The number of H-pyrrole nitrogens is 1. The van der Waals surface area contributed by atoms with Crippen molar-refractivity contribution >= 4 is 17.5 Å². The van der Waals surface area contributed by atoms with Crippen LogP contribution in [0.1, 0.15) is 30.3 Å². The van der Waals surface area contributed by atoms with Gasteiger partial charge in [0.05, 0.1) is 19.3 Å². The molecule has 2 aromatic rings. The first kappa shape index (κ1) is 16.0. The Balaban J connectivity index is 1.27. The van der Waals surface area contributed by atoms with E-state index in [2.05, 4.69) is 41.3 Å². The third-order valence-corrected chi connectivity index (χ3v) is 5.47. The summed E-state index contributed by atoms with van der Waals surface area (Å²) in [7, 11) is 0. The summed E-state index contributed by atoms with van der Waals surface area (Å²) in [6.07, 6.45) is 2.52. The SMILES string of the molecule is Cc1nc(Nc2cc(C3CC3)[nH]n2)cc(N2CCN(C3COC3)CC2)n1. The number of aromatic amines is 1. The fourth-order valence-corrected chi connectivity index (χ4v) is 3.66. The van der Waals surface area contributed by atoms with Gasteiger partial charge in [0.25, 0.3) is 0 Å². The Morgan fingerprint density at radius 1 is 1.08 bits per heavy atom. The standard InChI is InChI=1S/C18H25N7O/c1-12-19-16(21-17-8-15(22-23-17)13-2-3-13)9-18(20-12)25-6-4-24(5-7-25)14-10-26-11-14/h8-9,13-14H,2-7,10-11H2,1H3,(H2,19,20,21,22,23). The van der Waals surface area contributed by atoms with Crippen LogP contribution >= 0.6 is 0 Å². The first-order valence-electron chi connectivity index (χ1n) is 9.49. The highest BCUT2D eigenvalue weighted by molar-refractivity contribution is 5.57. The van der Waals surface area contributed by atoms with E-state index in [1.165, 1.54) is 18.5 Å². The number of ether oxygens (including phenoxy) is 1. The van der Waals surface area contributed by atoms with E-state index < -0.39 is 0 Å². The minimum absolute atomic E-state index is 0.613. The van der Waals surface area contributed by atoms with Gasteiger partial charge in [-0.3, -0.25) is 10.00 Å². The van der Waals surface area contributed by atoms with Gasteiger partial charge in [0, 0.05) is 49.9 Å². The van der Waals surface area contributed by atoms with E-state index in [-0.39, 0.29) is 0 Å². The molecule has 8 heteroatoms. The molecule has 2 aliphatic heterocycles. The van der Waals surface area contributed by atoms with Gasteiger partial charge in [-0.05, 0) is 19.8 Å². The van der Waals surface area contributed by atoms with Crippen LogP contribution in [0.3, 0.4) is 0 Å². The Hall–Kier alpha value is -2.19. The van der Waals surface area contributed by atoms with Crippen molar-refractivity contribution in [1.82, 2.24) is 25.1 Å². The molecule has 0 spiro atoms. The van der Waals surface area contributed by atoms with Crippen molar-refractivity contribution in [2.24, 2.45) is 0 Å². The second-order valence-corrected chi connectivity index (χ2v) is 7.48. The van der Waals surface area contributed by atoms with Gasteiger partial charge in [-0.1, -0.05) is 0 Å². The van der Waals surface area contributed by atoms with Crippen LogP contribution in [-0.2, 0) is 4.74 Å². The molecule has 4 heterocycles. The van der Waals surface area contributed by atoms with Gasteiger partial charge in [0.1, 0.15) is 17.5 Å². The van der Waals surface area contributed by atoms with E-state index in [0.717, 1.165) is 62.7 Å². The minimum Gasteiger partial charge on any atom is -0.378 e. The summed E-state index contributed by atoms with van der Waals surface area (Å²) >= 11 is 0. The van der Waals surface area contributed by atoms with Gasteiger partial charge in [-0.2, -0.15) is 5.10 Å². The number of hydrogen-bond acceptors (Lipinski definition) is 7. The molecule has 0 unspecified atom stereocenters. The van der Waals surface area contributed by atoms with Crippen molar-refractivity contribution in [3.05, 3.63) is 23.7 Å². The van der Waals surface area contributed by atoms with E-state index in [9.17, 15) is 0 Å². The molecule has 0 atom stereocenters. The number of nitrogens with zero attached hydrogens (tertiary/aromatic N) is 5. The van der Waals surface area contributed by atoms with Gasteiger partial charge >= 0.3 is 0 Å². The van der Waals surface area contributed by atoms with Gasteiger partial charge in [-0.25, -0.2) is 9.97 Å². The Kier molecular flexibility index (Phi) is 4.01. The van der Waals surface area contributed by atoms with E-state index in [4.69, 9.17) is 4.74 Å². The summed E-state index contributed by atoms with van der Waals surface area (Å²) in [6, 6.07) is 4.73. The van der Waals surface area contributed by atoms with Crippen LogP contribution in [0.15, 0.2) is 12.1 Å². The maximum atomic E-state index is 5.32. The van der Waals surface area contributed by atoms with Crippen molar-refractivity contribution in [2.75, 3.05) is 49.6 Å². The Morgan fingerprint density at radius 3 is 2.58 bits per heavy atom. The van der Waals surface area contributed by atoms with Crippen molar-refractivity contribution in [3.8, 4) is 0 Å². The maximum Gasteiger partial charge on any atom is 0.153 e. The molecule has 2 saturated heterocycles. The molecule has 5 rings (SSSR count). The molecule has 26 heavy (non-hydrogen) atoms. The summed E-state index contributed by atoms with van der Waals surface area (Å²) in [4.78, 5) is 14.0. The van der Waals surface area contributed by atoms with Crippen LogP contribution in [0.2, 0.25) is 0 Å². The highest BCUT2D eigenvalue weighted by Gasteiger charge is 2.29. The van der Waals surface area contributed by atoms with Crippen LogP contribution in [-0.4, -0.2) is 70.5 Å². The second kappa shape index (κ2) is 6.51. The monoisotopic (exact) mass is 355 g/mol. The lowest BCUT2D eigenvalue weighted by Crippen LogP contribution is -2.56. The smallest absolute Gasteiger partial charge is 0.153 e. The average molecular weight is 355 g/mol. The van der Waals surface area contributed by atoms with E-state index in [0.29, 0.717) is 12.0 Å². The van der Waals surface area contributed by atoms with Gasteiger partial charge in [-0.15, -0.1) is 0 Å². The zero-order chi connectivity index (χ0) is 17.5. The second-order valence-electron chi connectivity index (χ2n) is 7.48. The van der Waals surface area contributed by atoms with Crippen molar-refractivity contribution in [2.45, 2.75) is 31.7 Å². The molecule has 0 amide bonds. The largest absolute Gasteiger partial charge is 0.378 e. The third kappa shape index (κ3) is 3.26. The highest BCUT2D eigenvalue weighted by atomic mass is 16.5. The van der Waals surface area contributed by atoms with E-state index in [1.807, 2.05) is 13.0 Å². The lowest BCUT2D eigenvalue weighted by molar-refractivity contribution is -0.0661. The normalized spacial score (nSPS) is 21.7. The summed E-state index contributed by atoms with van der Waals surface area (Å²) in [5, 5.41) is 10.8. The zero-order valence-corrected chi connectivity index (χ0v) is 15.1. The predicted octanol–water partition coefficient (Wildman–Crippen LogP) is 1.65. The summed E-state index contributed by atoms with van der Waals surface area (Å²) in [6.45, 7) is 7.80. The summed E-state index contributed by atoms with van der Waals surface area (Å²) < 4.78 is 5.32. The van der Waals surface area contributed by atoms with Gasteiger partial charge in [0.15, 0.2) is 5.82 Å². The number of anilines is 3. The van der Waals surface area contributed by atoms with E-state index >= 15 is 0 Å². The zero-order valence-electron chi connectivity index (χ0n) is 15.1. The summed E-state index contributed by atoms with van der Waals surface area (Å²) in [5.74, 6) is 4.06. The molecule has 2 aromatic heterocycles. The topological polar surface area (TPSA) is 82.2 Å². The van der Waals surface area contributed by atoms with Crippen LogP contribution in [0, 0.1) is 6.92 Å². The molecule has 3 fully saturated rings. The average Bonchev–Trinajstić information content (AvgIpc) is 3.34. The molecule has 1 saturated carbocycles. The molecule has 0 radical (unpaired) electrons. The molecular formula is C18H25N7O. The lowest BCUT2D eigenvalue weighted by Gasteiger charge is -2.42. The number of aryl methyl sites for hydroxylation is 1. The molecule has 0 aromatic carbocycles. The maximum absolute atomic E-state index is 5.32. The van der Waals surface area contributed by atoms with Crippen molar-refractivity contribution < 1.29 is 4.74 Å². The number of nitrogens with one attached hydrogen (secondary N) is 2. The Bertz CT molecular complexity index is 776. The first-order valence-corrected chi connectivity index (χ1v) is 9.49. The molecule has 3 aliphatic rings. The number of hydrogen-bond donors (Lipinski definition) is 2. The lowest BCUT2D eigenvalue weighted by atomic mass is 10.2. The molecule has 2 N–H and O–H groups in total. The number of aromatic nitrogens is 4. The minimum atomic E-state index is 0.613. The van der Waals surface area contributed by atoms with Gasteiger partial charge in [0.2, 0.25) is 0 Å². The number of rotatable bonds is 5. The van der Waals surface area contributed by atoms with Crippen LogP contribution in [0.4, 0.5) is 17.5 Å². The predicted molar refractivity (Wildman–Crippen MR) is 99.0 cm³/mol. The summed E-state index contributed by atoms with van der Waals surface area (Å²) in [5.41, 5.74) is 1.22. The fourth-order valence-electron chi connectivity index (χ4n) is 3.66. The molecule has 8 nitrogen and oxygen atoms in total. The van der Waals surface area contributed by atoms with Crippen LogP contribution in [0.25, 0.3) is 0 Å². The van der Waals surface area contributed by atoms with Crippen molar-refractivity contribution in [3.63, 3.8) is 0 Å². The molecule has 138 valence electrons. The quantitative estimate of drug-likeness (QED) is 0.844. The Labute approximate surface area is 153 Å². The van der Waals surface area contributed by atoms with Crippen LogP contribution < -0.4 is 10.2 Å². The van der Waals surface area contributed by atoms with Gasteiger partial charge < -0.3 is 15.0 Å². The number of piperazine rings is 1.